The maximum atomic E-state index is 12.6. The molecule has 0 radical (unpaired) electrons. The molecule has 0 bridgehead atoms. The molecule has 2 rings (SSSR count). The molecule has 2 aromatic rings. The van der Waals surface area contributed by atoms with Crippen LogP contribution in [0.5, 0.6) is 0 Å². The largest absolute Gasteiger partial charge is 0.378 e. The van der Waals surface area contributed by atoms with Crippen molar-refractivity contribution in [3.63, 3.8) is 0 Å². The first kappa shape index (κ1) is 18.4. The smallest absolute Gasteiger partial charge is 0.253 e. The van der Waals surface area contributed by atoms with E-state index in [4.69, 9.17) is 0 Å². The first-order valence-electron chi connectivity index (χ1n) is 7.88. The molecule has 6 nitrogen and oxygen atoms in total. The molecule has 0 aliphatic heterocycles. The maximum absolute atomic E-state index is 12.6. The molecule has 0 aliphatic carbocycles. The van der Waals surface area contributed by atoms with Gasteiger partial charge >= 0.3 is 0 Å². The highest BCUT2D eigenvalue weighted by Gasteiger charge is 2.13. The second-order valence-corrected chi connectivity index (χ2v) is 6.22. The molecular formula is C19H22N4O2. The minimum absolute atomic E-state index is 0.121. The molecule has 0 saturated heterocycles. The molecule has 1 amide bonds. The lowest BCUT2D eigenvalue weighted by molar-refractivity contribution is 0.0785. The number of hydrogen-bond acceptors (Lipinski definition) is 5. The molecule has 130 valence electrons. The van der Waals surface area contributed by atoms with E-state index in [0.717, 1.165) is 5.56 Å². The fourth-order valence-corrected chi connectivity index (χ4v) is 2.09. The fraction of sp³-hybridized carbons (Fsp3) is 0.316. The Hall–Kier alpha value is -2.91. The molecule has 2 N–H and O–H groups in total. The Morgan fingerprint density at radius 3 is 2.60 bits per heavy atom. The number of carbonyl (C=O) groups is 1. The van der Waals surface area contributed by atoms with E-state index in [1.54, 1.807) is 69.5 Å². The zero-order valence-corrected chi connectivity index (χ0v) is 14.9. The van der Waals surface area contributed by atoms with Gasteiger partial charge in [-0.3, -0.25) is 4.79 Å². The molecule has 25 heavy (non-hydrogen) atoms. The molecule has 1 aromatic heterocycles. The van der Waals surface area contributed by atoms with Crippen LogP contribution in [0.1, 0.15) is 35.3 Å². The van der Waals surface area contributed by atoms with E-state index < -0.39 is 5.60 Å². The van der Waals surface area contributed by atoms with E-state index in [2.05, 4.69) is 27.1 Å². The number of benzene rings is 1. The van der Waals surface area contributed by atoms with Gasteiger partial charge in [0, 0.05) is 49.7 Å². The average molecular weight is 338 g/mol. The van der Waals surface area contributed by atoms with E-state index in [-0.39, 0.29) is 5.91 Å². The summed E-state index contributed by atoms with van der Waals surface area (Å²) in [5.41, 5.74) is 0.991. The molecule has 1 heterocycles. The lowest BCUT2D eigenvalue weighted by atomic mass is 10.1. The van der Waals surface area contributed by atoms with Crippen molar-refractivity contribution >= 4 is 11.9 Å². The molecule has 0 aliphatic rings. The fourth-order valence-electron chi connectivity index (χ4n) is 2.09. The number of nitrogens with zero attached hydrogens (tertiary/aromatic N) is 3. The summed E-state index contributed by atoms with van der Waals surface area (Å²) in [4.78, 5) is 22.5. The molecule has 0 fully saturated rings. The topological polar surface area (TPSA) is 78.4 Å². The Bertz CT molecular complexity index is 799. The van der Waals surface area contributed by atoms with Crippen molar-refractivity contribution < 1.29 is 9.90 Å². The molecule has 1 aromatic carbocycles. The third-order valence-corrected chi connectivity index (χ3v) is 3.32. The molecular weight excluding hydrogens is 316 g/mol. The SMILES string of the molecule is CNc1ncc(CN(C)C(=O)c2cccc(C#CC(C)(C)O)c2)cn1. The van der Waals surface area contributed by atoms with E-state index in [1.165, 1.54) is 0 Å². The van der Waals surface area contributed by atoms with Gasteiger partial charge in [-0.25, -0.2) is 9.97 Å². The van der Waals surface area contributed by atoms with Crippen molar-refractivity contribution in [1.29, 1.82) is 0 Å². The number of aliphatic hydroxyl groups is 1. The Balaban J connectivity index is 2.11. The summed E-state index contributed by atoms with van der Waals surface area (Å²) in [6, 6.07) is 7.05. The van der Waals surface area contributed by atoms with Gasteiger partial charge in [0.2, 0.25) is 5.95 Å². The minimum atomic E-state index is -1.07. The third kappa shape index (κ3) is 5.59. The Morgan fingerprint density at radius 1 is 1.32 bits per heavy atom. The van der Waals surface area contributed by atoms with Crippen LogP contribution in [0.15, 0.2) is 36.7 Å². The van der Waals surface area contributed by atoms with Crippen LogP contribution in [-0.4, -0.2) is 45.6 Å². The summed E-state index contributed by atoms with van der Waals surface area (Å²) in [6.45, 7) is 3.64. The standard InChI is InChI=1S/C19H22N4O2/c1-19(2,25)9-8-14-6-5-7-16(10-14)17(24)23(4)13-15-11-21-18(20-3)22-12-15/h5-7,10-12,25H,13H2,1-4H3,(H,20,21,22). The van der Waals surface area contributed by atoms with E-state index >= 15 is 0 Å². The second kappa shape index (κ2) is 7.77. The summed E-state index contributed by atoms with van der Waals surface area (Å²) in [5, 5.41) is 12.5. The van der Waals surface area contributed by atoms with Crippen LogP contribution in [0.2, 0.25) is 0 Å². The van der Waals surface area contributed by atoms with Crippen molar-refractivity contribution in [2.45, 2.75) is 26.0 Å². The third-order valence-electron chi connectivity index (χ3n) is 3.32. The van der Waals surface area contributed by atoms with Gasteiger partial charge in [-0.05, 0) is 32.0 Å². The van der Waals surface area contributed by atoms with Gasteiger partial charge in [0.25, 0.3) is 5.91 Å². The molecule has 0 spiro atoms. The lowest BCUT2D eigenvalue weighted by Gasteiger charge is -2.17. The number of nitrogens with one attached hydrogen (secondary N) is 1. The van der Waals surface area contributed by atoms with Crippen LogP contribution < -0.4 is 5.32 Å². The minimum Gasteiger partial charge on any atom is -0.378 e. The van der Waals surface area contributed by atoms with Gasteiger partial charge < -0.3 is 15.3 Å². The van der Waals surface area contributed by atoms with Crippen LogP contribution in [0.25, 0.3) is 0 Å². The number of amides is 1. The zero-order valence-electron chi connectivity index (χ0n) is 14.9. The highest BCUT2D eigenvalue weighted by atomic mass is 16.3. The monoisotopic (exact) mass is 338 g/mol. The normalized spacial score (nSPS) is 10.6. The summed E-state index contributed by atoms with van der Waals surface area (Å²) < 4.78 is 0. The highest BCUT2D eigenvalue weighted by molar-refractivity contribution is 5.94. The summed E-state index contributed by atoms with van der Waals surface area (Å²) >= 11 is 0. The van der Waals surface area contributed by atoms with Gasteiger partial charge in [0.05, 0.1) is 0 Å². The number of aromatic nitrogens is 2. The lowest BCUT2D eigenvalue weighted by Crippen LogP contribution is -2.26. The van der Waals surface area contributed by atoms with Crippen molar-refractivity contribution in [3.05, 3.63) is 53.3 Å². The van der Waals surface area contributed by atoms with Crippen LogP contribution in [0, 0.1) is 11.8 Å². The summed E-state index contributed by atoms with van der Waals surface area (Å²) in [7, 11) is 3.47. The van der Waals surface area contributed by atoms with Gasteiger partial charge in [0.1, 0.15) is 5.60 Å². The number of hydrogen-bond donors (Lipinski definition) is 2. The Labute approximate surface area is 147 Å². The number of rotatable bonds is 4. The first-order chi connectivity index (χ1) is 11.8. The van der Waals surface area contributed by atoms with Gasteiger partial charge in [0.15, 0.2) is 0 Å². The van der Waals surface area contributed by atoms with Crippen molar-refractivity contribution in [2.75, 3.05) is 19.4 Å². The van der Waals surface area contributed by atoms with Crippen molar-refractivity contribution in [3.8, 4) is 11.8 Å². The van der Waals surface area contributed by atoms with E-state index in [0.29, 0.717) is 23.6 Å². The average Bonchev–Trinajstić information content (AvgIpc) is 2.59. The van der Waals surface area contributed by atoms with Crippen LogP contribution in [0.3, 0.4) is 0 Å². The number of anilines is 1. The van der Waals surface area contributed by atoms with Crippen molar-refractivity contribution in [2.24, 2.45) is 0 Å². The molecule has 0 unspecified atom stereocenters. The summed E-state index contributed by atoms with van der Waals surface area (Å²) in [5.74, 6) is 6.04. The predicted octanol–water partition coefficient (Wildman–Crippen LogP) is 1.91. The van der Waals surface area contributed by atoms with Crippen LogP contribution in [-0.2, 0) is 6.54 Å². The molecule has 6 heteroatoms. The first-order valence-corrected chi connectivity index (χ1v) is 7.88. The second-order valence-electron chi connectivity index (χ2n) is 6.22. The summed E-state index contributed by atoms with van der Waals surface area (Å²) in [6.07, 6.45) is 3.38. The highest BCUT2D eigenvalue weighted by Crippen LogP contribution is 2.10. The van der Waals surface area contributed by atoms with E-state index in [9.17, 15) is 9.90 Å². The Kier molecular flexibility index (Phi) is 5.73. The van der Waals surface area contributed by atoms with Gasteiger partial charge in [-0.2, -0.15) is 0 Å². The van der Waals surface area contributed by atoms with Gasteiger partial charge in [-0.1, -0.05) is 17.9 Å². The zero-order chi connectivity index (χ0) is 18.4. The van der Waals surface area contributed by atoms with Crippen molar-refractivity contribution in [1.82, 2.24) is 14.9 Å². The number of carbonyl (C=O) groups excluding carboxylic acids is 1. The van der Waals surface area contributed by atoms with E-state index in [1.807, 2.05) is 0 Å². The molecule has 0 atom stereocenters. The predicted molar refractivity (Wildman–Crippen MR) is 97.0 cm³/mol. The van der Waals surface area contributed by atoms with Crippen LogP contribution in [0.4, 0.5) is 5.95 Å². The maximum Gasteiger partial charge on any atom is 0.253 e. The molecule has 0 saturated carbocycles. The van der Waals surface area contributed by atoms with Gasteiger partial charge in [-0.15, -0.1) is 0 Å². The Morgan fingerprint density at radius 2 is 2.00 bits per heavy atom. The van der Waals surface area contributed by atoms with Crippen LogP contribution >= 0.6 is 0 Å². The quantitative estimate of drug-likeness (QED) is 0.833.